The van der Waals surface area contributed by atoms with E-state index in [0.29, 0.717) is 72.5 Å². The summed E-state index contributed by atoms with van der Waals surface area (Å²) in [7, 11) is 0. The van der Waals surface area contributed by atoms with E-state index in [9.17, 15) is 14.0 Å². The molecule has 180 valence electrons. The topological polar surface area (TPSA) is 68.7 Å². The Morgan fingerprint density at radius 1 is 1.00 bits per heavy atom. The number of thioether (sulfide) groups is 1. The molecule has 0 radical (unpaired) electrons. The van der Waals surface area contributed by atoms with Crippen molar-refractivity contribution >= 4 is 23.5 Å². The Kier molecular flexibility index (Phi) is 6.99. The minimum atomic E-state index is -0.275. The number of amides is 1. The Labute approximate surface area is 207 Å². The van der Waals surface area contributed by atoms with E-state index in [4.69, 9.17) is 9.47 Å². The molecular weight excluding hydrogens is 467 g/mol. The van der Waals surface area contributed by atoms with Gasteiger partial charge >= 0.3 is 0 Å². The number of halogens is 1. The summed E-state index contributed by atoms with van der Waals surface area (Å²) < 4.78 is 24.3. The van der Waals surface area contributed by atoms with Gasteiger partial charge in [-0.05, 0) is 60.9 Å². The molecule has 0 spiro atoms. The Bertz CT molecular complexity index is 1230. The minimum Gasteiger partial charge on any atom is -0.486 e. The molecule has 35 heavy (non-hydrogen) atoms. The highest BCUT2D eigenvalue weighted by atomic mass is 32.2. The summed E-state index contributed by atoms with van der Waals surface area (Å²) in [5, 5.41) is 0.649. The van der Waals surface area contributed by atoms with E-state index in [1.807, 2.05) is 0 Å². The first-order valence-electron chi connectivity index (χ1n) is 11.6. The molecule has 0 atom stereocenters. The zero-order chi connectivity index (χ0) is 24.2. The molecule has 0 bridgehead atoms. The molecule has 0 N–H and O–H groups in total. The molecular formula is C27H25FN2O4S. The summed E-state index contributed by atoms with van der Waals surface area (Å²) >= 11 is 1.45. The second kappa shape index (κ2) is 10.5. The lowest BCUT2D eigenvalue weighted by Gasteiger charge is -2.31. The Morgan fingerprint density at radius 2 is 1.74 bits per heavy atom. The maximum atomic E-state index is 13.3. The van der Waals surface area contributed by atoms with Gasteiger partial charge in [0.2, 0.25) is 0 Å². The monoisotopic (exact) mass is 492 g/mol. The van der Waals surface area contributed by atoms with E-state index in [1.54, 1.807) is 53.6 Å². The Morgan fingerprint density at radius 3 is 2.51 bits per heavy atom. The van der Waals surface area contributed by atoms with Gasteiger partial charge in [0.1, 0.15) is 24.1 Å². The van der Waals surface area contributed by atoms with Gasteiger partial charge in [-0.3, -0.25) is 9.59 Å². The number of Topliss-reactive ketones (excluding diaryl/α,β-unsaturated/α-hetero) is 1. The van der Waals surface area contributed by atoms with Gasteiger partial charge in [-0.2, -0.15) is 0 Å². The predicted molar refractivity (Wildman–Crippen MR) is 131 cm³/mol. The molecule has 2 aromatic carbocycles. The van der Waals surface area contributed by atoms with Gasteiger partial charge in [-0.25, -0.2) is 9.37 Å². The van der Waals surface area contributed by atoms with Crippen LogP contribution in [-0.2, 0) is 5.75 Å². The number of benzene rings is 2. The number of piperidine rings is 1. The molecule has 2 aliphatic rings. The summed E-state index contributed by atoms with van der Waals surface area (Å²) in [5.74, 6) is 1.45. The highest BCUT2D eigenvalue weighted by Crippen LogP contribution is 2.33. The van der Waals surface area contributed by atoms with Gasteiger partial charge < -0.3 is 14.4 Å². The molecule has 1 fully saturated rings. The highest BCUT2D eigenvalue weighted by Gasteiger charge is 2.30. The molecule has 8 heteroatoms. The number of hydrogen-bond donors (Lipinski definition) is 0. The zero-order valence-electron chi connectivity index (χ0n) is 19.1. The molecule has 0 saturated carbocycles. The van der Waals surface area contributed by atoms with Crippen LogP contribution in [0.1, 0.15) is 39.1 Å². The average molecular weight is 493 g/mol. The van der Waals surface area contributed by atoms with Crippen molar-refractivity contribution in [3.63, 3.8) is 0 Å². The molecule has 3 aromatic rings. The first-order valence-corrected chi connectivity index (χ1v) is 12.6. The first-order chi connectivity index (χ1) is 17.1. The summed E-state index contributed by atoms with van der Waals surface area (Å²) in [4.78, 5) is 32.6. The molecule has 5 rings (SSSR count). The predicted octanol–water partition coefficient (Wildman–Crippen LogP) is 5.02. The van der Waals surface area contributed by atoms with Crippen molar-refractivity contribution in [3.8, 4) is 11.5 Å². The number of ether oxygens (including phenoxy) is 2. The fourth-order valence-corrected chi connectivity index (χ4v) is 5.29. The summed E-state index contributed by atoms with van der Waals surface area (Å²) in [5.41, 5.74) is 2.13. The summed E-state index contributed by atoms with van der Waals surface area (Å²) in [6, 6.07) is 15.2. The van der Waals surface area contributed by atoms with E-state index in [-0.39, 0.29) is 23.4 Å². The fraction of sp³-hybridized carbons (Fsp3) is 0.296. The lowest BCUT2D eigenvalue weighted by atomic mass is 9.88. The van der Waals surface area contributed by atoms with E-state index in [2.05, 4.69) is 4.98 Å². The van der Waals surface area contributed by atoms with Gasteiger partial charge in [0.05, 0.1) is 5.56 Å². The van der Waals surface area contributed by atoms with E-state index in [0.717, 1.165) is 5.56 Å². The number of pyridine rings is 1. The number of carbonyl (C=O) groups excluding carboxylic acids is 2. The van der Waals surface area contributed by atoms with E-state index in [1.165, 1.54) is 23.9 Å². The molecule has 3 heterocycles. The van der Waals surface area contributed by atoms with Crippen LogP contribution < -0.4 is 9.47 Å². The van der Waals surface area contributed by atoms with E-state index < -0.39 is 0 Å². The quantitative estimate of drug-likeness (QED) is 0.356. The number of ketones is 1. The highest BCUT2D eigenvalue weighted by molar-refractivity contribution is 7.98. The lowest BCUT2D eigenvalue weighted by Crippen LogP contribution is -2.40. The van der Waals surface area contributed by atoms with Crippen LogP contribution in [0.25, 0.3) is 0 Å². The standard InChI is InChI=1S/C27H25FN2O4S/c28-21-6-3-18(4-7-21)17-35-26-22(2-1-11-29-26)27(32)30-12-9-19(10-13-30)25(31)20-5-8-23-24(16-20)34-15-14-33-23/h1-8,11,16,19H,9-10,12-15,17H2. The van der Waals surface area contributed by atoms with Crippen LogP contribution in [0.2, 0.25) is 0 Å². The van der Waals surface area contributed by atoms with Gasteiger partial charge in [-0.15, -0.1) is 11.8 Å². The van der Waals surface area contributed by atoms with Gasteiger partial charge in [0.25, 0.3) is 5.91 Å². The average Bonchev–Trinajstić information content (AvgIpc) is 2.92. The van der Waals surface area contributed by atoms with Crippen LogP contribution in [0.4, 0.5) is 4.39 Å². The van der Waals surface area contributed by atoms with Crippen LogP contribution in [0.3, 0.4) is 0 Å². The summed E-state index contributed by atoms with van der Waals surface area (Å²) in [6.45, 7) is 2.01. The van der Waals surface area contributed by atoms with Gasteiger partial charge in [0, 0.05) is 36.5 Å². The number of nitrogens with zero attached hydrogens (tertiary/aromatic N) is 2. The van der Waals surface area contributed by atoms with Crippen molar-refractivity contribution < 1.29 is 23.5 Å². The largest absolute Gasteiger partial charge is 0.486 e. The lowest BCUT2D eigenvalue weighted by molar-refractivity contribution is 0.0646. The molecule has 0 unspecified atom stereocenters. The second-order valence-electron chi connectivity index (χ2n) is 8.56. The number of aromatic nitrogens is 1. The van der Waals surface area contributed by atoms with Gasteiger partial charge in [0.15, 0.2) is 17.3 Å². The van der Waals surface area contributed by atoms with Crippen molar-refractivity contribution in [3.05, 3.63) is 83.3 Å². The number of carbonyl (C=O) groups is 2. The van der Waals surface area contributed by atoms with Crippen molar-refractivity contribution in [2.24, 2.45) is 5.92 Å². The summed E-state index contributed by atoms with van der Waals surface area (Å²) in [6.07, 6.45) is 2.89. The van der Waals surface area contributed by atoms with Crippen LogP contribution >= 0.6 is 11.8 Å². The maximum Gasteiger partial charge on any atom is 0.256 e. The third-order valence-electron chi connectivity index (χ3n) is 6.27. The second-order valence-corrected chi connectivity index (χ2v) is 9.52. The molecule has 1 amide bonds. The van der Waals surface area contributed by atoms with Crippen molar-refractivity contribution in [1.82, 2.24) is 9.88 Å². The fourth-order valence-electron chi connectivity index (χ4n) is 4.35. The molecule has 1 saturated heterocycles. The van der Waals surface area contributed by atoms with Crippen LogP contribution in [0.15, 0.2) is 65.8 Å². The molecule has 2 aliphatic heterocycles. The molecule has 0 aliphatic carbocycles. The van der Waals surface area contributed by atoms with Crippen LogP contribution in [-0.4, -0.2) is 47.9 Å². The van der Waals surface area contributed by atoms with E-state index >= 15 is 0 Å². The number of hydrogen-bond acceptors (Lipinski definition) is 6. The van der Waals surface area contributed by atoms with Crippen molar-refractivity contribution in [2.45, 2.75) is 23.6 Å². The Hall–Kier alpha value is -3.39. The number of rotatable bonds is 6. The molecule has 6 nitrogen and oxygen atoms in total. The minimum absolute atomic E-state index is 0.0750. The Balaban J connectivity index is 1.21. The maximum absolute atomic E-state index is 13.3. The SMILES string of the molecule is O=C(c1ccc2c(c1)OCCO2)C1CCN(C(=O)c2cccnc2SCc2ccc(F)cc2)CC1. The van der Waals surface area contributed by atoms with Gasteiger partial charge in [-0.1, -0.05) is 12.1 Å². The third kappa shape index (κ3) is 5.32. The zero-order valence-corrected chi connectivity index (χ0v) is 19.9. The molecule has 1 aromatic heterocycles. The normalized spacial score (nSPS) is 15.6. The van der Waals surface area contributed by atoms with Crippen molar-refractivity contribution in [2.75, 3.05) is 26.3 Å². The number of fused-ring (bicyclic) bond motifs is 1. The third-order valence-corrected chi connectivity index (χ3v) is 7.35. The van der Waals surface area contributed by atoms with Crippen LogP contribution in [0, 0.1) is 11.7 Å². The van der Waals surface area contributed by atoms with Crippen LogP contribution in [0.5, 0.6) is 11.5 Å². The first kappa shape index (κ1) is 23.4. The smallest absolute Gasteiger partial charge is 0.256 e. The number of likely N-dealkylation sites (tertiary alicyclic amines) is 1. The van der Waals surface area contributed by atoms with Crippen molar-refractivity contribution in [1.29, 1.82) is 0 Å².